The van der Waals surface area contributed by atoms with Gasteiger partial charge in [0.15, 0.2) is 5.17 Å². The summed E-state index contributed by atoms with van der Waals surface area (Å²) < 4.78 is 7.22. The van der Waals surface area contributed by atoms with Gasteiger partial charge in [-0.2, -0.15) is 4.99 Å². The van der Waals surface area contributed by atoms with Crippen molar-refractivity contribution in [3.63, 3.8) is 0 Å². The lowest BCUT2D eigenvalue weighted by Crippen LogP contribution is -2.03. The van der Waals surface area contributed by atoms with Gasteiger partial charge in [-0.3, -0.25) is 14.9 Å². The molecule has 0 saturated carbocycles. The number of amides is 1. The molecule has 134 valence electrons. The van der Waals surface area contributed by atoms with E-state index in [9.17, 15) is 14.9 Å². The Kier molecular flexibility index (Phi) is 4.56. The van der Waals surface area contributed by atoms with Crippen molar-refractivity contribution >= 4 is 34.6 Å². The molecule has 0 bridgehead atoms. The SMILES string of the molecule is COc1ccc([N+](=O)[O-])cc1-n1c(C)cc(C=C2SC(N)=NC2=O)c1C. The number of nitro benzene ring substituents is 1. The van der Waals surface area contributed by atoms with E-state index in [1.807, 2.05) is 24.5 Å². The number of hydrogen-bond acceptors (Lipinski definition) is 6. The molecule has 3 rings (SSSR count). The average molecular weight is 372 g/mol. The first-order chi connectivity index (χ1) is 12.3. The van der Waals surface area contributed by atoms with Gasteiger partial charge >= 0.3 is 0 Å². The zero-order valence-corrected chi connectivity index (χ0v) is 15.2. The highest BCUT2D eigenvalue weighted by Crippen LogP contribution is 2.33. The number of nitrogens with two attached hydrogens (primary N) is 1. The Balaban J connectivity index is 2.13. The lowest BCUT2D eigenvalue weighted by Gasteiger charge is -2.13. The molecule has 2 N–H and O–H groups in total. The van der Waals surface area contributed by atoms with Crippen LogP contribution >= 0.6 is 11.8 Å². The normalized spacial score (nSPS) is 15.4. The Labute approximate surface area is 153 Å². The summed E-state index contributed by atoms with van der Waals surface area (Å²) in [7, 11) is 1.51. The van der Waals surface area contributed by atoms with E-state index >= 15 is 0 Å². The van der Waals surface area contributed by atoms with Crippen molar-refractivity contribution in [3.8, 4) is 11.4 Å². The maximum Gasteiger partial charge on any atom is 0.286 e. The first-order valence-electron chi connectivity index (χ1n) is 7.61. The second kappa shape index (κ2) is 6.68. The largest absolute Gasteiger partial charge is 0.495 e. The molecule has 1 aromatic carbocycles. The molecule has 9 heteroatoms. The van der Waals surface area contributed by atoms with E-state index in [-0.39, 0.29) is 16.8 Å². The molecule has 0 atom stereocenters. The number of nitrogens with zero attached hydrogens (tertiary/aromatic N) is 3. The van der Waals surface area contributed by atoms with E-state index in [4.69, 9.17) is 10.5 Å². The van der Waals surface area contributed by atoms with Crippen molar-refractivity contribution in [2.45, 2.75) is 13.8 Å². The van der Waals surface area contributed by atoms with Gasteiger partial charge in [0.25, 0.3) is 11.6 Å². The van der Waals surface area contributed by atoms with Crippen LogP contribution in [-0.4, -0.2) is 27.7 Å². The molecule has 26 heavy (non-hydrogen) atoms. The molecule has 1 aromatic heterocycles. The number of nitro groups is 1. The van der Waals surface area contributed by atoms with Crippen LogP contribution in [0.5, 0.6) is 5.75 Å². The van der Waals surface area contributed by atoms with E-state index < -0.39 is 4.92 Å². The number of methoxy groups -OCH3 is 1. The molecular formula is C17H16N4O4S. The third-order valence-corrected chi connectivity index (χ3v) is 4.82. The van der Waals surface area contributed by atoms with Crippen LogP contribution in [0.25, 0.3) is 11.8 Å². The quantitative estimate of drug-likeness (QED) is 0.501. The number of aliphatic imine (C=N–C) groups is 1. The third-order valence-electron chi connectivity index (χ3n) is 4.01. The van der Waals surface area contributed by atoms with E-state index in [1.54, 1.807) is 12.1 Å². The Morgan fingerprint density at radius 1 is 1.35 bits per heavy atom. The third kappa shape index (κ3) is 3.08. The van der Waals surface area contributed by atoms with Gasteiger partial charge in [0.2, 0.25) is 0 Å². The first-order valence-corrected chi connectivity index (χ1v) is 8.43. The van der Waals surface area contributed by atoms with Crippen LogP contribution in [0.1, 0.15) is 17.0 Å². The highest BCUT2D eigenvalue weighted by molar-refractivity contribution is 8.18. The molecule has 8 nitrogen and oxygen atoms in total. The zero-order chi connectivity index (χ0) is 19.0. The fourth-order valence-corrected chi connectivity index (χ4v) is 3.51. The topological polar surface area (TPSA) is 113 Å². The van der Waals surface area contributed by atoms with E-state index in [0.29, 0.717) is 16.3 Å². The predicted octanol–water partition coefficient (Wildman–Crippen LogP) is 2.94. The number of ether oxygens (including phenoxy) is 1. The van der Waals surface area contributed by atoms with Crippen molar-refractivity contribution in [2.75, 3.05) is 7.11 Å². The zero-order valence-electron chi connectivity index (χ0n) is 14.3. The second-order valence-corrected chi connectivity index (χ2v) is 6.70. The Morgan fingerprint density at radius 2 is 2.08 bits per heavy atom. The summed E-state index contributed by atoms with van der Waals surface area (Å²) in [4.78, 5) is 26.6. The minimum atomic E-state index is -0.450. The number of rotatable bonds is 4. The van der Waals surface area contributed by atoms with Gasteiger partial charge in [-0.05, 0) is 49.4 Å². The molecular weight excluding hydrogens is 356 g/mol. The number of hydrogen-bond donors (Lipinski definition) is 1. The molecule has 2 heterocycles. The summed E-state index contributed by atoms with van der Waals surface area (Å²) in [5.41, 5.74) is 8.57. The van der Waals surface area contributed by atoms with Crippen LogP contribution in [0.3, 0.4) is 0 Å². The molecule has 0 spiro atoms. The summed E-state index contributed by atoms with van der Waals surface area (Å²) in [5.74, 6) is 0.140. The molecule has 0 radical (unpaired) electrons. The van der Waals surface area contributed by atoms with E-state index in [0.717, 1.165) is 28.7 Å². The van der Waals surface area contributed by atoms with Gasteiger partial charge in [0, 0.05) is 23.5 Å². The summed E-state index contributed by atoms with van der Waals surface area (Å²) in [6.45, 7) is 3.74. The summed E-state index contributed by atoms with van der Waals surface area (Å²) >= 11 is 1.12. The van der Waals surface area contributed by atoms with Crippen molar-refractivity contribution in [1.82, 2.24) is 4.57 Å². The number of carbonyl (C=O) groups excluding carboxylic acids is 1. The molecule has 0 fully saturated rings. The molecule has 0 aliphatic carbocycles. The Morgan fingerprint density at radius 3 is 2.65 bits per heavy atom. The van der Waals surface area contributed by atoms with Gasteiger partial charge in [0.05, 0.1) is 22.6 Å². The Bertz CT molecular complexity index is 991. The first kappa shape index (κ1) is 17.7. The van der Waals surface area contributed by atoms with Crippen LogP contribution in [0.2, 0.25) is 0 Å². The number of benzene rings is 1. The van der Waals surface area contributed by atoms with Gasteiger partial charge in [-0.15, -0.1) is 0 Å². The molecule has 2 aromatic rings. The molecule has 1 aliphatic heterocycles. The number of aryl methyl sites for hydroxylation is 1. The van der Waals surface area contributed by atoms with Gasteiger partial charge < -0.3 is 15.0 Å². The lowest BCUT2D eigenvalue weighted by atomic mass is 10.2. The van der Waals surface area contributed by atoms with Gasteiger partial charge in [-0.1, -0.05) is 0 Å². The highest BCUT2D eigenvalue weighted by atomic mass is 32.2. The molecule has 1 aliphatic rings. The number of amidine groups is 1. The molecule has 0 saturated heterocycles. The van der Waals surface area contributed by atoms with Crippen molar-refractivity contribution in [3.05, 3.63) is 56.2 Å². The van der Waals surface area contributed by atoms with Gasteiger partial charge in [0.1, 0.15) is 5.75 Å². The maximum atomic E-state index is 11.8. The van der Waals surface area contributed by atoms with Crippen molar-refractivity contribution < 1.29 is 14.5 Å². The Hall–Kier alpha value is -3.07. The molecule has 1 amide bonds. The number of carbonyl (C=O) groups is 1. The van der Waals surface area contributed by atoms with Crippen LogP contribution in [0.15, 0.2) is 34.2 Å². The average Bonchev–Trinajstić information content (AvgIpc) is 3.05. The smallest absolute Gasteiger partial charge is 0.286 e. The summed E-state index contributed by atoms with van der Waals surface area (Å²) in [5, 5.41) is 11.4. The predicted molar refractivity (Wildman–Crippen MR) is 101 cm³/mol. The van der Waals surface area contributed by atoms with Crippen molar-refractivity contribution in [2.24, 2.45) is 10.7 Å². The minimum Gasteiger partial charge on any atom is -0.495 e. The monoisotopic (exact) mass is 372 g/mol. The maximum absolute atomic E-state index is 11.8. The van der Waals surface area contributed by atoms with Crippen molar-refractivity contribution in [1.29, 1.82) is 0 Å². The fourth-order valence-electron chi connectivity index (χ4n) is 2.84. The number of thioether (sulfide) groups is 1. The summed E-state index contributed by atoms with van der Waals surface area (Å²) in [6, 6.07) is 6.32. The van der Waals surface area contributed by atoms with Gasteiger partial charge in [-0.25, -0.2) is 0 Å². The fraction of sp³-hybridized carbons (Fsp3) is 0.176. The van der Waals surface area contributed by atoms with E-state index in [1.165, 1.54) is 19.2 Å². The lowest BCUT2D eigenvalue weighted by molar-refractivity contribution is -0.384. The van der Waals surface area contributed by atoms with Crippen LogP contribution in [-0.2, 0) is 4.79 Å². The van der Waals surface area contributed by atoms with Crippen LogP contribution < -0.4 is 10.5 Å². The van der Waals surface area contributed by atoms with E-state index in [2.05, 4.69) is 4.99 Å². The minimum absolute atomic E-state index is 0.0316. The second-order valence-electron chi connectivity index (χ2n) is 5.64. The summed E-state index contributed by atoms with van der Waals surface area (Å²) in [6.07, 6.45) is 1.72. The highest BCUT2D eigenvalue weighted by Gasteiger charge is 2.22. The number of aromatic nitrogens is 1. The van der Waals surface area contributed by atoms with Crippen LogP contribution in [0.4, 0.5) is 5.69 Å². The standard InChI is InChI=1S/C17H16N4O4S/c1-9-6-11(7-15-16(22)19-17(18)26-15)10(2)20(9)13-8-12(21(23)24)4-5-14(13)25-3/h4-8H,1-3H3,(H2,18,19,22). The molecule has 0 unspecified atom stereocenters. The van der Waals surface area contributed by atoms with Crippen LogP contribution in [0, 0.1) is 24.0 Å². The number of non-ortho nitro benzene ring substituents is 1.